The molecule has 6 heteroatoms. The lowest BCUT2D eigenvalue weighted by atomic mass is 10.2. The molecule has 1 unspecified atom stereocenters. The fourth-order valence-electron chi connectivity index (χ4n) is 3.16. The summed E-state index contributed by atoms with van der Waals surface area (Å²) >= 11 is 1.63. The van der Waals surface area contributed by atoms with Gasteiger partial charge in [0.05, 0.1) is 17.1 Å². The minimum absolute atomic E-state index is 0.0579. The first-order valence-corrected chi connectivity index (χ1v) is 10.1. The average molecular weight is 373 g/mol. The van der Waals surface area contributed by atoms with E-state index in [4.69, 9.17) is 0 Å². The second kappa shape index (κ2) is 9.26. The number of aromatic nitrogens is 1. The molecule has 1 N–H and O–H groups in total. The van der Waals surface area contributed by atoms with Gasteiger partial charge in [0.15, 0.2) is 0 Å². The summed E-state index contributed by atoms with van der Waals surface area (Å²) in [7, 11) is 2.16. The van der Waals surface area contributed by atoms with Gasteiger partial charge in [-0.2, -0.15) is 0 Å². The summed E-state index contributed by atoms with van der Waals surface area (Å²) in [5, 5.41) is 6.13. The van der Waals surface area contributed by atoms with Gasteiger partial charge < -0.3 is 10.2 Å². The number of nitrogens with one attached hydrogen (secondary N) is 1. The van der Waals surface area contributed by atoms with Gasteiger partial charge in [0, 0.05) is 50.6 Å². The maximum atomic E-state index is 12.2. The Balaban J connectivity index is 1.42. The van der Waals surface area contributed by atoms with Crippen LogP contribution in [0.2, 0.25) is 0 Å². The predicted octanol–water partition coefficient (Wildman–Crippen LogP) is 2.03. The Morgan fingerprint density at radius 3 is 2.69 bits per heavy atom. The predicted molar refractivity (Wildman–Crippen MR) is 107 cm³/mol. The first-order chi connectivity index (χ1) is 12.6. The molecule has 2 heterocycles. The Morgan fingerprint density at radius 1 is 1.23 bits per heavy atom. The molecule has 3 rings (SSSR count). The zero-order valence-electron chi connectivity index (χ0n) is 15.6. The molecular formula is C20H28N4OS. The van der Waals surface area contributed by atoms with Gasteiger partial charge in [-0.15, -0.1) is 11.3 Å². The molecule has 2 aromatic rings. The van der Waals surface area contributed by atoms with Crippen molar-refractivity contribution in [2.24, 2.45) is 0 Å². The normalized spacial score (nSPS) is 17.2. The fraction of sp³-hybridized carbons (Fsp3) is 0.500. The van der Waals surface area contributed by atoms with E-state index in [1.54, 1.807) is 11.3 Å². The molecule has 0 bridgehead atoms. The van der Waals surface area contributed by atoms with Crippen LogP contribution in [0, 0.1) is 0 Å². The Labute approximate surface area is 160 Å². The van der Waals surface area contributed by atoms with E-state index in [0.717, 1.165) is 43.3 Å². The molecule has 1 fully saturated rings. The van der Waals surface area contributed by atoms with E-state index in [2.05, 4.69) is 46.2 Å². The SMILES string of the molecule is CC(CNC(=O)Cc1csc(Cc2ccccc2)n1)N1CCN(C)CC1. The molecule has 0 spiro atoms. The van der Waals surface area contributed by atoms with Crippen LogP contribution < -0.4 is 5.32 Å². The lowest BCUT2D eigenvalue weighted by Gasteiger charge is -2.36. The summed E-state index contributed by atoms with van der Waals surface area (Å²) in [5.74, 6) is 0.0579. The third-order valence-electron chi connectivity index (χ3n) is 4.90. The lowest BCUT2D eigenvalue weighted by Crippen LogP contribution is -2.51. The van der Waals surface area contributed by atoms with Crippen molar-refractivity contribution in [3.63, 3.8) is 0 Å². The lowest BCUT2D eigenvalue weighted by molar-refractivity contribution is -0.120. The molecule has 1 saturated heterocycles. The highest BCUT2D eigenvalue weighted by atomic mass is 32.1. The summed E-state index contributed by atoms with van der Waals surface area (Å²) in [5.41, 5.74) is 2.12. The van der Waals surface area contributed by atoms with Crippen LogP contribution in [0.3, 0.4) is 0 Å². The quantitative estimate of drug-likeness (QED) is 0.808. The van der Waals surface area contributed by atoms with Crippen molar-refractivity contribution in [3.05, 3.63) is 52.0 Å². The molecule has 0 radical (unpaired) electrons. The third kappa shape index (κ3) is 5.62. The fourth-order valence-corrected chi connectivity index (χ4v) is 3.99. The Kier molecular flexibility index (Phi) is 6.77. The summed E-state index contributed by atoms with van der Waals surface area (Å²) in [4.78, 5) is 21.6. The smallest absolute Gasteiger partial charge is 0.226 e. The van der Waals surface area contributed by atoms with Gasteiger partial charge in [-0.25, -0.2) is 4.98 Å². The molecule has 0 aliphatic carbocycles. The van der Waals surface area contributed by atoms with Crippen molar-refractivity contribution in [2.45, 2.75) is 25.8 Å². The van der Waals surface area contributed by atoms with Crippen molar-refractivity contribution in [3.8, 4) is 0 Å². The van der Waals surface area contributed by atoms with E-state index in [1.807, 2.05) is 23.6 Å². The molecule has 140 valence electrons. The van der Waals surface area contributed by atoms with E-state index < -0.39 is 0 Å². The average Bonchev–Trinajstić information content (AvgIpc) is 3.08. The zero-order chi connectivity index (χ0) is 18.4. The van der Waals surface area contributed by atoms with Gasteiger partial charge in [-0.3, -0.25) is 9.69 Å². The number of carbonyl (C=O) groups is 1. The number of nitrogens with zero attached hydrogens (tertiary/aromatic N) is 3. The van der Waals surface area contributed by atoms with Crippen molar-refractivity contribution in [1.82, 2.24) is 20.1 Å². The number of carbonyl (C=O) groups excluding carboxylic acids is 1. The molecule has 1 aliphatic heterocycles. The first kappa shape index (κ1) is 19.0. The van der Waals surface area contributed by atoms with Crippen LogP contribution >= 0.6 is 11.3 Å². The summed E-state index contributed by atoms with van der Waals surface area (Å²) < 4.78 is 0. The van der Waals surface area contributed by atoms with Crippen LogP contribution in [-0.2, 0) is 17.6 Å². The number of piperazine rings is 1. The standard InChI is InChI=1S/C20H28N4OS/c1-16(24-10-8-23(2)9-11-24)14-21-19(25)13-18-15-26-20(22-18)12-17-6-4-3-5-7-17/h3-7,15-16H,8-14H2,1-2H3,(H,21,25). The minimum atomic E-state index is 0.0579. The van der Waals surface area contributed by atoms with Gasteiger partial charge in [-0.05, 0) is 19.5 Å². The number of rotatable bonds is 7. The van der Waals surface area contributed by atoms with Crippen LogP contribution in [0.25, 0.3) is 0 Å². The van der Waals surface area contributed by atoms with E-state index in [-0.39, 0.29) is 5.91 Å². The van der Waals surface area contributed by atoms with Crippen LogP contribution in [0.5, 0.6) is 0 Å². The number of hydrogen-bond donors (Lipinski definition) is 1. The van der Waals surface area contributed by atoms with Crippen molar-refractivity contribution in [2.75, 3.05) is 39.8 Å². The molecular weight excluding hydrogens is 344 g/mol. The second-order valence-corrected chi connectivity index (χ2v) is 8.01. The van der Waals surface area contributed by atoms with Gasteiger partial charge >= 0.3 is 0 Å². The molecule has 26 heavy (non-hydrogen) atoms. The molecule has 1 amide bonds. The summed E-state index contributed by atoms with van der Waals surface area (Å²) in [6, 6.07) is 10.7. The maximum Gasteiger partial charge on any atom is 0.226 e. The minimum Gasteiger partial charge on any atom is -0.354 e. The monoisotopic (exact) mass is 372 g/mol. The molecule has 1 atom stereocenters. The number of hydrogen-bond acceptors (Lipinski definition) is 5. The Bertz CT molecular complexity index is 695. The van der Waals surface area contributed by atoms with Crippen LogP contribution in [0.4, 0.5) is 0 Å². The Hall–Kier alpha value is -1.76. The number of benzene rings is 1. The van der Waals surface area contributed by atoms with E-state index in [1.165, 1.54) is 5.56 Å². The summed E-state index contributed by atoms with van der Waals surface area (Å²) in [6.45, 7) is 7.23. The third-order valence-corrected chi connectivity index (χ3v) is 5.79. The van der Waals surface area contributed by atoms with Gasteiger partial charge in [0.2, 0.25) is 5.91 Å². The van der Waals surface area contributed by atoms with E-state index >= 15 is 0 Å². The molecule has 1 aliphatic rings. The van der Waals surface area contributed by atoms with Crippen LogP contribution in [0.15, 0.2) is 35.7 Å². The van der Waals surface area contributed by atoms with E-state index in [9.17, 15) is 4.79 Å². The van der Waals surface area contributed by atoms with Gasteiger partial charge in [0.25, 0.3) is 0 Å². The zero-order valence-corrected chi connectivity index (χ0v) is 16.5. The van der Waals surface area contributed by atoms with Gasteiger partial charge in [-0.1, -0.05) is 30.3 Å². The molecule has 1 aromatic heterocycles. The van der Waals surface area contributed by atoms with Crippen molar-refractivity contribution >= 4 is 17.2 Å². The number of thiazole rings is 1. The highest BCUT2D eigenvalue weighted by Crippen LogP contribution is 2.15. The number of likely N-dealkylation sites (N-methyl/N-ethyl adjacent to an activating group) is 1. The second-order valence-electron chi connectivity index (χ2n) is 7.06. The van der Waals surface area contributed by atoms with Gasteiger partial charge in [0.1, 0.15) is 0 Å². The van der Waals surface area contributed by atoms with Crippen molar-refractivity contribution in [1.29, 1.82) is 0 Å². The maximum absolute atomic E-state index is 12.2. The summed E-state index contributed by atoms with van der Waals surface area (Å²) in [6.07, 6.45) is 1.19. The van der Waals surface area contributed by atoms with Crippen LogP contribution in [0.1, 0.15) is 23.2 Å². The molecule has 5 nitrogen and oxygen atoms in total. The van der Waals surface area contributed by atoms with Crippen molar-refractivity contribution < 1.29 is 4.79 Å². The number of amides is 1. The first-order valence-electron chi connectivity index (χ1n) is 9.26. The highest BCUT2D eigenvalue weighted by molar-refractivity contribution is 7.09. The largest absolute Gasteiger partial charge is 0.354 e. The Morgan fingerprint density at radius 2 is 1.96 bits per heavy atom. The molecule has 0 saturated carbocycles. The topological polar surface area (TPSA) is 48.5 Å². The van der Waals surface area contributed by atoms with Crippen LogP contribution in [-0.4, -0.2) is 66.5 Å². The van der Waals surface area contributed by atoms with E-state index in [0.29, 0.717) is 19.0 Å². The molecule has 1 aromatic carbocycles. The highest BCUT2D eigenvalue weighted by Gasteiger charge is 2.19.